The molecule has 1 heterocycles. The maximum atomic E-state index is 12.2. The van der Waals surface area contributed by atoms with E-state index >= 15 is 0 Å². The van der Waals surface area contributed by atoms with Gasteiger partial charge in [0, 0.05) is 30.3 Å². The molecule has 3 rings (SSSR count). The van der Waals surface area contributed by atoms with E-state index in [1.165, 1.54) is 18.2 Å². The number of carbonyl (C=O) groups is 1. The molecule has 1 fully saturated rings. The fourth-order valence-corrected chi connectivity index (χ4v) is 2.59. The van der Waals surface area contributed by atoms with E-state index < -0.39 is 17.1 Å². The summed E-state index contributed by atoms with van der Waals surface area (Å²) in [6.07, 6.45) is 2.14. The summed E-state index contributed by atoms with van der Waals surface area (Å²) in [6, 6.07) is 13.3. The van der Waals surface area contributed by atoms with E-state index in [0.717, 1.165) is 12.8 Å². The number of hydroxylamine groups is 1. The summed E-state index contributed by atoms with van der Waals surface area (Å²) in [5.41, 5.74) is 3.24. The number of anilines is 2. The average molecular weight is 357 g/mol. The van der Waals surface area contributed by atoms with Crippen molar-refractivity contribution in [3.8, 4) is 0 Å². The topological polar surface area (TPSA) is 103 Å². The SMILES string of the molecule is O=C(NOC1CCCCO1)c1ccc(Nc2ccccc2)c([N+](=O)[O-])c1. The Balaban J connectivity index is 1.70. The number of hydrogen-bond donors (Lipinski definition) is 2. The van der Waals surface area contributed by atoms with Crippen molar-refractivity contribution in [2.45, 2.75) is 25.6 Å². The Labute approximate surface area is 150 Å². The Morgan fingerprint density at radius 2 is 2.00 bits per heavy atom. The quantitative estimate of drug-likeness (QED) is 0.606. The second-order valence-electron chi connectivity index (χ2n) is 5.83. The first-order valence-electron chi connectivity index (χ1n) is 8.31. The van der Waals surface area contributed by atoms with Crippen LogP contribution >= 0.6 is 0 Å². The highest BCUT2D eigenvalue weighted by Gasteiger charge is 2.20. The lowest BCUT2D eigenvalue weighted by atomic mass is 10.1. The van der Waals surface area contributed by atoms with Crippen LogP contribution in [0.4, 0.5) is 17.1 Å². The molecule has 1 saturated heterocycles. The van der Waals surface area contributed by atoms with Crippen molar-refractivity contribution >= 4 is 23.0 Å². The number of ether oxygens (including phenoxy) is 1. The summed E-state index contributed by atoms with van der Waals surface area (Å²) in [4.78, 5) is 28.3. The van der Waals surface area contributed by atoms with Crippen LogP contribution in [0.2, 0.25) is 0 Å². The Morgan fingerprint density at radius 3 is 2.69 bits per heavy atom. The van der Waals surface area contributed by atoms with Gasteiger partial charge in [-0.2, -0.15) is 0 Å². The largest absolute Gasteiger partial charge is 0.350 e. The Kier molecular flexibility index (Phi) is 5.77. The highest BCUT2D eigenvalue weighted by Crippen LogP contribution is 2.28. The molecule has 2 N–H and O–H groups in total. The summed E-state index contributed by atoms with van der Waals surface area (Å²) in [5.74, 6) is -0.562. The lowest BCUT2D eigenvalue weighted by molar-refractivity contribution is -0.383. The molecule has 0 spiro atoms. The highest BCUT2D eigenvalue weighted by molar-refractivity contribution is 5.95. The highest BCUT2D eigenvalue weighted by atomic mass is 16.8. The predicted octanol–water partition coefficient (Wildman–Crippen LogP) is 3.53. The van der Waals surface area contributed by atoms with Crippen LogP contribution in [0.15, 0.2) is 48.5 Å². The van der Waals surface area contributed by atoms with Gasteiger partial charge in [-0.25, -0.2) is 10.3 Å². The zero-order valence-electron chi connectivity index (χ0n) is 14.0. The summed E-state index contributed by atoms with van der Waals surface area (Å²) >= 11 is 0. The molecule has 1 atom stereocenters. The Morgan fingerprint density at radius 1 is 1.19 bits per heavy atom. The van der Waals surface area contributed by atoms with Gasteiger partial charge in [0.2, 0.25) is 0 Å². The van der Waals surface area contributed by atoms with E-state index in [-0.39, 0.29) is 11.3 Å². The van der Waals surface area contributed by atoms with Crippen molar-refractivity contribution in [2.75, 3.05) is 11.9 Å². The molecule has 0 aromatic heterocycles. The van der Waals surface area contributed by atoms with Gasteiger partial charge in [-0.1, -0.05) is 18.2 Å². The number of hydrogen-bond acceptors (Lipinski definition) is 6. The Hall–Kier alpha value is -2.97. The van der Waals surface area contributed by atoms with Crippen molar-refractivity contribution in [1.82, 2.24) is 5.48 Å². The van der Waals surface area contributed by atoms with E-state index in [0.29, 0.717) is 24.4 Å². The summed E-state index contributed by atoms with van der Waals surface area (Å²) < 4.78 is 5.36. The number of rotatable bonds is 6. The van der Waals surface area contributed by atoms with Gasteiger partial charge in [-0.05, 0) is 37.1 Å². The average Bonchev–Trinajstić information content (AvgIpc) is 2.68. The zero-order valence-corrected chi connectivity index (χ0v) is 14.0. The lowest BCUT2D eigenvalue weighted by Crippen LogP contribution is -2.33. The maximum Gasteiger partial charge on any atom is 0.293 e. The first kappa shape index (κ1) is 17.8. The van der Waals surface area contributed by atoms with Crippen LogP contribution in [0.25, 0.3) is 0 Å². The van der Waals surface area contributed by atoms with E-state index in [1.807, 2.05) is 18.2 Å². The van der Waals surface area contributed by atoms with Crippen molar-refractivity contribution < 1.29 is 19.3 Å². The van der Waals surface area contributed by atoms with Crippen LogP contribution in [-0.2, 0) is 9.57 Å². The monoisotopic (exact) mass is 357 g/mol. The third-order valence-corrected chi connectivity index (χ3v) is 3.93. The fourth-order valence-electron chi connectivity index (χ4n) is 2.59. The third kappa shape index (κ3) is 4.56. The van der Waals surface area contributed by atoms with E-state index in [1.54, 1.807) is 12.1 Å². The molecule has 0 radical (unpaired) electrons. The van der Waals surface area contributed by atoms with Gasteiger partial charge in [0.25, 0.3) is 11.6 Å². The van der Waals surface area contributed by atoms with Crippen molar-refractivity contribution in [3.63, 3.8) is 0 Å². The molecule has 8 heteroatoms. The number of nitrogens with zero attached hydrogens (tertiary/aromatic N) is 1. The number of para-hydroxylation sites is 1. The van der Waals surface area contributed by atoms with Gasteiger partial charge < -0.3 is 10.1 Å². The van der Waals surface area contributed by atoms with E-state index in [9.17, 15) is 14.9 Å². The van der Waals surface area contributed by atoms with E-state index in [2.05, 4.69) is 10.8 Å². The van der Waals surface area contributed by atoms with Gasteiger partial charge in [0.05, 0.1) is 4.92 Å². The number of benzene rings is 2. The molecule has 136 valence electrons. The van der Waals surface area contributed by atoms with Gasteiger partial charge >= 0.3 is 0 Å². The first-order valence-corrected chi connectivity index (χ1v) is 8.31. The second-order valence-corrected chi connectivity index (χ2v) is 5.83. The van der Waals surface area contributed by atoms with Crippen LogP contribution in [0.1, 0.15) is 29.6 Å². The molecule has 1 aliphatic heterocycles. The first-order chi connectivity index (χ1) is 12.6. The van der Waals surface area contributed by atoms with E-state index in [4.69, 9.17) is 9.57 Å². The lowest BCUT2D eigenvalue weighted by Gasteiger charge is -2.22. The number of nitro benzene ring substituents is 1. The predicted molar refractivity (Wildman–Crippen MR) is 95.0 cm³/mol. The van der Waals surface area contributed by atoms with Crippen LogP contribution in [0.3, 0.4) is 0 Å². The molecule has 2 aromatic carbocycles. The van der Waals surface area contributed by atoms with Crippen LogP contribution in [-0.4, -0.2) is 23.7 Å². The number of nitro groups is 1. The minimum atomic E-state index is -0.562. The molecule has 0 saturated carbocycles. The normalized spacial score (nSPS) is 16.7. The fraction of sp³-hybridized carbons (Fsp3) is 0.278. The van der Waals surface area contributed by atoms with Gasteiger partial charge in [0.15, 0.2) is 6.29 Å². The van der Waals surface area contributed by atoms with Crippen molar-refractivity contribution in [2.24, 2.45) is 0 Å². The summed E-state index contributed by atoms with van der Waals surface area (Å²) in [7, 11) is 0. The van der Waals surface area contributed by atoms with Gasteiger partial charge in [0.1, 0.15) is 5.69 Å². The molecule has 2 aromatic rings. The van der Waals surface area contributed by atoms with Crippen molar-refractivity contribution in [3.05, 3.63) is 64.2 Å². The Bertz CT molecular complexity index is 776. The second kappa shape index (κ2) is 8.41. The minimum Gasteiger partial charge on any atom is -0.350 e. The molecule has 1 unspecified atom stereocenters. The summed E-state index contributed by atoms with van der Waals surface area (Å²) in [5, 5.41) is 14.4. The number of amides is 1. The minimum absolute atomic E-state index is 0.131. The molecule has 26 heavy (non-hydrogen) atoms. The maximum absolute atomic E-state index is 12.2. The van der Waals surface area contributed by atoms with Crippen molar-refractivity contribution in [1.29, 1.82) is 0 Å². The zero-order chi connectivity index (χ0) is 18.4. The van der Waals surface area contributed by atoms with Crippen LogP contribution in [0, 0.1) is 10.1 Å². The third-order valence-electron chi connectivity index (χ3n) is 3.93. The molecular weight excluding hydrogens is 338 g/mol. The van der Waals surface area contributed by atoms with Crippen LogP contribution in [0.5, 0.6) is 0 Å². The van der Waals surface area contributed by atoms with Gasteiger partial charge in [-0.15, -0.1) is 0 Å². The number of carbonyl (C=O) groups excluding carboxylic acids is 1. The molecule has 1 amide bonds. The smallest absolute Gasteiger partial charge is 0.293 e. The molecule has 0 aliphatic carbocycles. The molecular formula is C18H19N3O5. The van der Waals surface area contributed by atoms with Gasteiger partial charge in [-0.3, -0.25) is 14.9 Å². The summed E-state index contributed by atoms with van der Waals surface area (Å²) in [6.45, 7) is 0.589. The molecule has 0 bridgehead atoms. The molecule has 8 nitrogen and oxygen atoms in total. The van der Waals surface area contributed by atoms with Crippen LogP contribution < -0.4 is 10.8 Å². The number of nitrogens with one attached hydrogen (secondary N) is 2. The molecule has 1 aliphatic rings. The standard InChI is InChI=1S/C18H19N3O5/c22-18(20-26-17-8-4-5-11-25-17)13-9-10-15(16(12-13)21(23)24)19-14-6-2-1-3-7-14/h1-3,6-7,9-10,12,17,19H,4-5,8,11H2,(H,20,22).